The van der Waals surface area contributed by atoms with E-state index in [1.54, 1.807) is 24.4 Å². The van der Waals surface area contributed by atoms with Gasteiger partial charge in [-0.2, -0.15) is 0 Å². The summed E-state index contributed by atoms with van der Waals surface area (Å²) >= 11 is 0. The zero-order valence-electron chi connectivity index (χ0n) is 14.0. The number of hydrogen-bond acceptors (Lipinski definition) is 3. The van der Waals surface area contributed by atoms with Gasteiger partial charge in [0.1, 0.15) is 11.5 Å². The van der Waals surface area contributed by atoms with Crippen molar-refractivity contribution in [1.82, 2.24) is 4.57 Å². The lowest BCUT2D eigenvalue weighted by molar-refractivity contribution is -0.141. The van der Waals surface area contributed by atoms with Gasteiger partial charge < -0.3 is 15.0 Å². The summed E-state index contributed by atoms with van der Waals surface area (Å²) in [6.45, 7) is 0.257. The summed E-state index contributed by atoms with van der Waals surface area (Å²) in [4.78, 5) is 35.9. The molecule has 0 aliphatic heterocycles. The molecule has 1 saturated carbocycles. The van der Waals surface area contributed by atoms with Crippen molar-refractivity contribution in [2.24, 2.45) is 11.8 Å². The Balaban J connectivity index is 1.71. The second kappa shape index (κ2) is 7.51. The van der Waals surface area contributed by atoms with E-state index in [4.69, 9.17) is 5.11 Å². The highest BCUT2D eigenvalue weighted by atomic mass is 19.1. The molecule has 1 aliphatic carbocycles. The van der Waals surface area contributed by atoms with E-state index in [1.807, 2.05) is 0 Å². The van der Waals surface area contributed by atoms with Crippen molar-refractivity contribution in [1.29, 1.82) is 0 Å². The average Bonchev–Trinajstić information content (AvgIpc) is 3.11. The van der Waals surface area contributed by atoms with Gasteiger partial charge in [0.05, 0.1) is 12.5 Å². The predicted octanol–water partition coefficient (Wildman–Crippen LogP) is 2.48. The van der Waals surface area contributed by atoms with E-state index in [1.165, 1.54) is 22.8 Å². The van der Waals surface area contributed by atoms with Gasteiger partial charge in [-0.05, 0) is 49.1 Å². The van der Waals surface area contributed by atoms with Crippen molar-refractivity contribution in [2.75, 3.05) is 5.32 Å². The first-order chi connectivity index (χ1) is 12.4. The molecule has 2 N–H and O–H groups in total. The summed E-state index contributed by atoms with van der Waals surface area (Å²) in [5, 5.41) is 11.7. The van der Waals surface area contributed by atoms with Gasteiger partial charge in [-0.15, -0.1) is 0 Å². The fourth-order valence-electron chi connectivity index (χ4n) is 3.22. The first-order valence-corrected chi connectivity index (χ1v) is 8.41. The molecule has 136 valence electrons. The van der Waals surface area contributed by atoms with Crippen LogP contribution in [0, 0.1) is 17.7 Å². The van der Waals surface area contributed by atoms with Gasteiger partial charge >= 0.3 is 5.97 Å². The van der Waals surface area contributed by atoms with Crippen molar-refractivity contribution in [2.45, 2.75) is 25.8 Å². The van der Waals surface area contributed by atoms with Crippen LogP contribution in [0.3, 0.4) is 0 Å². The molecular formula is C19H19FN2O4. The molecule has 1 aromatic carbocycles. The normalized spacial score (nSPS) is 19.3. The molecule has 1 fully saturated rings. The minimum atomic E-state index is -0.887. The summed E-state index contributed by atoms with van der Waals surface area (Å²) in [6.07, 6.45) is 2.85. The molecule has 0 saturated heterocycles. The van der Waals surface area contributed by atoms with Gasteiger partial charge in [-0.3, -0.25) is 14.4 Å². The van der Waals surface area contributed by atoms with Gasteiger partial charge in [0, 0.05) is 12.1 Å². The van der Waals surface area contributed by atoms with E-state index in [9.17, 15) is 18.8 Å². The average molecular weight is 358 g/mol. The van der Waals surface area contributed by atoms with Crippen molar-refractivity contribution in [3.63, 3.8) is 0 Å². The zero-order valence-corrected chi connectivity index (χ0v) is 14.0. The molecule has 2 aromatic rings. The standard InChI is InChI=1S/C19H19FN2O4/c20-15-7-3-12(4-8-15)11-22-9-1-2-16(18(22)24)21-17(23)13-5-6-14(10-13)19(25)26/h1-4,7-9,13-14H,5-6,10-11H2,(H,21,23)(H,25,26)/t13-,14+/m0/s1. The lowest BCUT2D eigenvalue weighted by Gasteiger charge is -2.12. The number of hydrogen-bond donors (Lipinski definition) is 2. The number of benzene rings is 1. The molecule has 1 aliphatic rings. The van der Waals surface area contributed by atoms with E-state index < -0.39 is 17.8 Å². The van der Waals surface area contributed by atoms with Crippen molar-refractivity contribution in [3.8, 4) is 0 Å². The monoisotopic (exact) mass is 358 g/mol. The lowest BCUT2D eigenvalue weighted by atomic mass is 10.0. The Kier molecular flexibility index (Phi) is 5.16. The van der Waals surface area contributed by atoms with Gasteiger partial charge in [0.2, 0.25) is 5.91 Å². The number of carboxylic acid groups (broad SMARTS) is 1. The summed E-state index contributed by atoms with van der Waals surface area (Å²) < 4.78 is 14.4. The Labute approximate surface area is 149 Å². The number of aliphatic carboxylic acids is 1. The molecule has 26 heavy (non-hydrogen) atoms. The van der Waals surface area contributed by atoms with E-state index >= 15 is 0 Å². The third kappa shape index (κ3) is 3.99. The molecule has 7 heteroatoms. The van der Waals surface area contributed by atoms with Crippen LogP contribution < -0.4 is 10.9 Å². The van der Waals surface area contributed by atoms with Crippen molar-refractivity contribution in [3.05, 3.63) is 64.3 Å². The Bertz CT molecular complexity index is 876. The Morgan fingerprint density at radius 1 is 1.15 bits per heavy atom. The topological polar surface area (TPSA) is 88.4 Å². The number of amides is 1. The number of carbonyl (C=O) groups is 2. The maximum absolute atomic E-state index is 13.0. The molecule has 1 aromatic heterocycles. The van der Waals surface area contributed by atoms with Crippen LogP contribution in [0.5, 0.6) is 0 Å². The first-order valence-electron chi connectivity index (χ1n) is 8.41. The quantitative estimate of drug-likeness (QED) is 0.859. The first kappa shape index (κ1) is 17.8. The van der Waals surface area contributed by atoms with E-state index in [-0.39, 0.29) is 35.9 Å². The highest BCUT2D eigenvalue weighted by molar-refractivity contribution is 5.93. The van der Waals surface area contributed by atoms with Gasteiger partial charge in [0.15, 0.2) is 0 Å². The fraction of sp³-hybridized carbons (Fsp3) is 0.316. The summed E-state index contributed by atoms with van der Waals surface area (Å²) in [6, 6.07) is 9.01. The molecule has 0 unspecified atom stereocenters. The molecule has 1 amide bonds. The number of nitrogens with zero attached hydrogens (tertiary/aromatic N) is 1. The number of carboxylic acids is 1. The molecule has 0 spiro atoms. The Morgan fingerprint density at radius 2 is 1.85 bits per heavy atom. The van der Waals surface area contributed by atoms with Crippen LogP contribution in [0.15, 0.2) is 47.4 Å². The van der Waals surface area contributed by atoms with Gasteiger partial charge in [-0.1, -0.05) is 12.1 Å². The molecule has 0 bridgehead atoms. The second-order valence-electron chi connectivity index (χ2n) is 6.52. The zero-order chi connectivity index (χ0) is 18.7. The largest absolute Gasteiger partial charge is 0.481 e. The number of aromatic nitrogens is 1. The van der Waals surface area contributed by atoms with Crippen LogP contribution in [-0.2, 0) is 16.1 Å². The highest BCUT2D eigenvalue weighted by Crippen LogP contribution is 2.31. The molecule has 6 nitrogen and oxygen atoms in total. The molecule has 0 radical (unpaired) electrons. The second-order valence-corrected chi connectivity index (χ2v) is 6.52. The SMILES string of the molecule is O=C(O)[C@@H]1CC[C@H](C(=O)Nc2cccn(Cc3ccc(F)cc3)c2=O)C1. The minimum Gasteiger partial charge on any atom is -0.481 e. The third-order valence-electron chi connectivity index (χ3n) is 4.70. The van der Waals surface area contributed by atoms with E-state index in [2.05, 4.69) is 5.32 Å². The van der Waals surface area contributed by atoms with E-state index in [0.717, 1.165) is 5.56 Å². The van der Waals surface area contributed by atoms with Crippen molar-refractivity contribution < 1.29 is 19.1 Å². The number of anilines is 1. The number of nitrogens with one attached hydrogen (secondary N) is 1. The fourth-order valence-corrected chi connectivity index (χ4v) is 3.22. The maximum atomic E-state index is 13.0. The van der Waals surface area contributed by atoms with Crippen LogP contribution in [0.25, 0.3) is 0 Å². The van der Waals surface area contributed by atoms with Crippen LogP contribution in [0.1, 0.15) is 24.8 Å². The van der Waals surface area contributed by atoms with Crippen LogP contribution in [-0.4, -0.2) is 21.6 Å². The molecule has 1 heterocycles. The minimum absolute atomic E-state index is 0.151. The summed E-state index contributed by atoms with van der Waals surface area (Å²) in [5.74, 6) is -2.47. The summed E-state index contributed by atoms with van der Waals surface area (Å²) in [7, 11) is 0. The third-order valence-corrected chi connectivity index (χ3v) is 4.70. The lowest BCUT2D eigenvalue weighted by Crippen LogP contribution is -2.28. The van der Waals surface area contributed by atoms with Gasteiger partial charge in [-0.25, -0.2) is 4.39 Å². The number of pyridine rings is 1. The van der Waals surface area contributed by atoms with Gasteiger partial charge in [0.25, 0.3) is 5.56 Å². The van der Waals surface area contributed by atoms with E-state index in [0.29, 0.717) is 12.8 Å². The maximum Gasteiger partial charge on any atom is 0.306 e. The van der Waals surface area contributed by atoms with Crippen LogP contribution >= 0.6 is 0 Å². The predicted molar refractivity (Wildman–Crippen MR) is 93.3 cm³/mol. The number of carbonyl (C=O) groups excluding carboxylic acids is 1. The number of rotatable bonds is 5. The Morgan fingerprint density at radius 3 is 2.50 bits per heavy atom. The molecule has 2 atom stereocenters. The summed E-state index contributed by atoms with van der Waals surface area (Å²) in [5.41, 5.74) is 0.549. The smallest absolute Gasteiger partial charge is 0.306 e. The Hall–Kier alpha value is -2.96. The van der Waals surface area contributed by atoms with Crippen LogP contribution in [0.2, 0.25) is 0 Å². The number of halogens is 1. The van der Waals surface area contributed by atoms with Crippen molar-refractivity contribution >= 4 is 17.6 Å². The molecular weight excluding hydrogens is 339 g/mol. The van der Waals surface area contributed by atoms with Crippen LogP contribution in [0.4, 0.5) is 10.1 Å². The highest BCUT2D eigenvalue weighted by Gasteiger charge is 2.34. The molecule has 3 rings (SSSR count).